The molecule has 0 saturated carbocycles. The normalized spacial score (nSPS) is 10.9. The molecular formula is C19H11FN2O3. The SMILES string of the molecule is O=C(O)c1cc(-c2ccccc2)nc2onc(-c3ccccc3F)c12. The van der Waals surface area contributed by atoms with Gasteiger partial charge in [0.05, 0.1) is 16.6 Å². The lowest BCUT2D eigenvalue weighted by atomic mass is 10.0. The van der Waals surface area contributed by atoms with Gasteiger partial charge in [-0.1, -0.05) is 47.6 Å². The van der Waals surface area contributed by atoms with Crippen LogP contribution in [0.2, 0.25) is 0 Å². The summed E-state index contributed by atoms with van der Waals surface area (Å²) in [7, 11) is 0. The smallest absolute Gasteiger partial charge is 0.336 e. The van der Waals surface area contributed by atoms with Gasteiger partial charge in [-0.05, 0) is 18.2 Å². The Labute approximate surface area is 141 Å². The Morgan fingerprint density at radius 1 is 1.04 bits per heavy atom. The third-order valence-corrected chi connectivity index (χ3v) is 3.88. The number of nitrogens with zero attached hydrogens (tertiary/aromatic N) is 2. The molecule has 4 rings (SSSR count). The molecule has 0 fully saturated rings. The highest BCUT2D eigenvalue weighted by Gasteiger charge is 2.22. The van der Waals surface area contributed by atoms with Crippen LogP contribution in [-0.4, -0.2) is 21.2 Å². The molecule has 2 heterocycles. The average Bonchev–Trinajstić information content (AvgIpc) is 3.05. The number of carbonyl (C=O) groups is 1. The first-order valence-corrected chi connectivity index (χ1v) is 7.49. The fourth-order valence-corrected chi connectivity index (χ4v) is 2.71. The molecule has 0 atom stereocenters. The van der Waals surface area contributed by atoms with Crippen LogP contribution >= 0.6 is 0 Å². The predicted molar refractivity (Wildman–Crippen MR) is 89.6 cm³/mol. The zero-order chi connectivity index (χ0) is 17.4. The number of carboxylic acid groups (broad SMARTS) is 1. The molecule has 2 aromatic carbocycles. The van der Waals surface area contributed by atoms with Crippen molar-refractivity contribution in [3.8, 4) is 22.5 Å². The lowest BCUT2D eigenvalue weighted by Gasteiger charge is -2.04. The topological polar surface area (TPSA) is 76.2 Å². The Balaban J connectivity index is 2.01. The van der Waals surface area contributed by atoms with E-state index >= 15 is 0 Å². The van der Waals surface area contributed by atoms with Crippen molar-refractivity contribution < 1.29 is 18.8 Å². The molecule has 25 heavy (non-hydrogen) atoms. The van der Waals surface area contributed by atoms with Gasteiger partial charge in [0.25, 0.3) is 5.71 Å². The number of pyridine rings is 1. The van der Waals surface area contributed by atoms with E-state index in [1.165, 1.54) is 18.2 Å². The van der Waals surface area contributed by atoms with Gasteiger partial charge in [-0.2, -0.15) is 0 Å². The molecule has 0 aliphatic carbocycles. The number of aromatic nitrogens is 2. The molecule has 0 spiro atoms. The van der Waals surface area contributed by atoms with E-state index < -0.39 is 11.8 Å². The van der Waals surface area contributed by atoms with Gasteiger partial charge < -0.3 is 9.63 Å². The van der Waals surface area contributed by atoms with Crippen molar-refractivity contribution >= 4 is 17.1 Å². The number of halogens is 1. The van der Waals surface area contributed by atoms with Gasteiger partial charge in [-0.3, -0.25) is 0 Å². The van der Waals surface area contributed by atoms with Crippen molar-refractivity contribution in [3.05, 3.63) is 72.0 Å². The summed E-state index contributed by atoms with van der Waals surface area (Å²) in [5.74, 6) is -1.67. The van der Waals surface area contributed by atoms with Crippen molar-refractivity contribution in [2.45, 2.75) is 0 Å². The first kappa shape index (κ1) is 15.0. The Morgan fingerprint density at radius 3 is 2.48 bits per heavy atom. The van der Waals surface area contributed by atoms with Gasteiger partial charge in [0, 0.05) is 11.1 Å². The highest BCUT2D eigenvalue weighted by molar-refractivity contribution is 6.07. The van der Waals surface area contributed by atoms with E-state index in [1.54, 1.807) is 12.1 Å². The van der Waals surface area contributed by atoms with Gasteiger partial charge in [0.15, 0.2) is 0 Å². The number of aromatic carboxylic acids is 1. The number of hydrogen-bond acceptors (Lipinski definition) is 4. The summed E-state index contributed by atoms with van der Waals surface area (Å²) in [4.78, 5) is 16.1. The van der Waals surface area contributed by atoms with Crippen molar-refractivity contribution in [1.29, 1.82) is 0 Å². The Morgan fingerprint density at radius 2 is 1.76 bits per heavy atom. The van der Waals surface area contributed by atoms with Crippen molar-refractivity contribution in [2.24, 2.45) is 0 Å². The Hall–Kier alpha value is -3.54. The summed E-state index contributed by atoms with van der Waals surface area (Å²) >= 11 is 0. The number of fused-ring (bicyclic) bond motifs is 1. The fourth-order valence-electron chi connectivity index (χ4n) is 2.71. The van der Waals surface area contributed by atoms with Crippen LogP contribution in [0, 0.1) is 5.82 Å². The number of hydrogen-bond donors (Lipinski definition) is 1. The Bertz CT molecular complexity index is 1090. The van der Waals surface area contributed by atoms with E-state index in [9.17, 15) is 14.3 Å². The summed E-state index contributed by atoms with van der Waals surface area (Å²) in [5, 5.41) is 13.7. The zero-order valence-electron chi connectivity index (χ0n) is 12.8. The van der Waals surface area contributed by atoms with Crippen LogP contribution in [0.25, 0.3) is 33.6 Å². The van der Waals surface area contributed by atoms with Gasteiger partial charge >= 0.3 is 5.97 Å². The van der Waals surface area contributed by atoms with Gasteiger partial charge in [-0.25, -0.2) is 14.2 Å². The first-order valence-electron chi connectivity index (χ1n) is 7.49. The van der Waals surface area contributed by atoms with Crippen LogP contribution in [0.4, 0.5) is 4.39 Å². The van der Waals surface area contributed by atoms with Gasteiger partial charge in [-0.15, -0.1) is 0 Å². The predicted octanol–water partition coefficient (Wildman–Crippen LogP) is 4.39. The molecule has 122 valence electrons. The number of rotatable bonds is 3. The fraction of sp³-hybridized carbons (Fsp3) is 0. The lowest BCUT2D eigenvalue weighted by molar-refractivity contribution is 0.0699. The summed E-state index contributed by atoms with van der Waals surface area (Å²) in [6, 6.07) is 16.6. The third kappa shape index (κ3) is 2.53. The van der Waals surface area contributed by atoms with E-state index in [4.69, 9.17) is 4.52 Å². The molecule has 0 saturated heterocycles. The molecule has 0 aliphatic rings. The lowest BCUT2D eigenvalue weighted by Crippen LogP contribution is -2.00. The molecular weight excluding hydrogens is 323 g/mol. The van der Waals surface area contributed by atoms with E-state index in [2.05, 4.69) is 10.1 Å². The largest absolute Gasteiger partial charge is 0.478 e. The molecule has 0 unspecified atom stereocenters. The highest BCUT2D eigenvalue weighted by Crippen LogP contribution is 2.33. The molecule has 5 nitrogen and oxygen atoms in total. The van der Waals surface area contributed by atoms with Crippen molar-refractivity contribution in [2.75, 3.05) is 0 Å². The molecule has 4 aromatic rings. The third-order valence-electron chi connectivity index (χ3n) is 3.88. The van der Waals surface area contributed by atoms with E-state index in [0.29, 0.717) is 5.69 Å². The summed E-state index contributed by atoms with van der Waals surface area (Å²) < 4.78 is 19.3. The van der Waals surface area contributed by atoms with Crippen LogP contribution in [-0.2, 0) is 0 Å². The van der Waals surface area contributed by atoms with Crippen molar-refractivity contribution in [3.63, 3.8) is 0 Å². The minimum atomic E-state index is -1.16. The highest BCUT2D eigenvalue weighted by atomic mass is 19.1. The zero-order valence-corrected chi connectivity index (χ0v) is 12.8. The second kappa shape index (κ2) is 5.83. The van der Waals surface area contributed by atoms with Crippen LogP contribution in [0.3, 0.4) is 0 Å². The Kier molecular flexibility index (Phi) is 3.50. The van der Waals surface area contributed by atoms with Crippen molar-refractivity contribution in [1.82, 2.24) is 10.1 Å². The maximum atomic E-state index is 14.1. The second-order valence-corrected chi connectivity index (χ2v) is 5.42. The summed E-state index contributed by atoms with van der Waals surface area (Å²) in [5.41, 5.74) is 1.49. The molecule has 1 N–H and O–H groups in total. The van der Waals surface area contributed by atoms with Crippen LogP contribution < -0.4 is 0 Å². The minimum absolute atomic E-state index is 0.0386. The van der Waals surface area contributed by atoms with E-state index in [1.807, 2.05) is 30.3 Å². The first-order chi connectivity index (χ1) is 12.1. The maximum Gasteiger partial charge on any atom is 0.336 e. The summed E-state index contributed by atoms with van der Waals surface area (Å²) in [6.45, 7) is 0. The summed E-state index contributed by atoms with van der Waals surface area (Å²) in [6.07, 6.45) is 0. The van der Waals surface area contributed by atoms with Gasteiger partial charge in [0.1, 0.15) is 11.5 Å². The standard InChI is InChI=1S/C19H11FN2O3/c20-14-9-5-4-8-12(14)17-16-13(19(23)24)10-15(21-18(16)25-22-17)11-6-2-1-3-7-11/h1-10H,(H,23,24). The molecule has 0 aliphatic heterocycles. The van der Waals surface area contributed by atoms with Crippen LogP contribution in [0.15, 0.2) is 65.2 Å². The molecule has 0 amide bonds. The van der Waals surface area contributed by atoms with E-state index in [-0.39, 0.29) is 27.9 Å². The molecule has 2 aromatic heterocycles. The second-order valence-electron chi connectivity index (χ2n) is 5.42. The number of carboxylic acids is 1. The monoisotopic (exact) mass is 334 g/mol. The van der Waals surface area contributed by atoms with Crippen LogP contribution in [0.5, 0.6) is 0 Å². The molecule has 0 radical (unpaired) electrons. The average molecular weight is 334 g/mol. The van der Waals surface area contributed by atoms with Crippen LogP contribution in [0.1, 0.15) is 10.4 Å². The number of benzene rings is 2. The maximum absolute atomic E-state index is 14.1. The van der Waals surface area contributed by atoms with E-state index in [0.717, 1.165) is 5.56 Å². The minimum Gasteiger partial charge on any atom is -0.478 e. The molecule has 0 bridgehead atoms. The molecule has 6 heteroatoms. The van der Waals surface area contributed by atoms with Gasteiger partial charge in [0.2, 0.25) is 0 Å². The quantitative estimate of drug-likeness (QED) is 0.601.